The maximum atomic E-state index is 11.9. The monoisotopic (exact) mass is 426 g/mol. The Kier molecular flexibility index (Phi) is 13.9. The van der Waals surface area contributed by atoms with Gasteiger partial charge in [0.05, 0.1) is 5.56 Å². The van der Waals surface area contributed by atoms with Crippen LogP contribution in [0.4, 0.5) is 24.5 Å². The molecule has 0 aliphatic heterocycles. The van der Waals surface area contributed by atoms with Crippen molar-refractivity contribution in [3.05, 3.63) is 60.2 Å². The van der Waals surface area contributed by atoms with Crippen LogP contribution in [0.3, 0.4) is 0 Å². The highest BCUT2D eigenvalue weighted by atomic mass is 19.4. The topological polar surface area (TPSA) is 72.2 Å². The highest BCUT2D eigenvalue weighted by Crippen LogP contribution is 2.24. The largest absolute Gasteiger partial charge is 0.454 e. The van der Waals surface area contributed by atoms with Crippen LogP contribution in [0, 0.1) is 5.41 Å². The number of para-hydroxylation sites is 2. The smallest absolute Gasteiger partial charge is 0.398 e. The number of benzene rings is 2. The molecule has 0 aliphatic rings. The Balaban J connectivity index is 0. The maximum Gasteiger partial charge on any atom is 0.454 e. The van der Waals surface area contributed by atoms with E-state index in [1.165, 1.54) is 18.2 Å². The molecule has 0 saturated carbocycles. The van der Waals surface area contributed by atoms with Crippen molar-refractivity contribution in [2.75, 3.05) is 11.1 Å². The van der Waals surface area contributed by atoms with Crippen molar-refractivity contribution in [2.45, 2.75) is 54.6 Å². The Labute approximate surface area is 177 Å². The van der Waals surface area contributed by atoms with Gasteiger partial charge in [-0.05, 0) is 24.3 Å². The van der Waals surface area contributed by atoms with Crippen molar-refractivity contribution in [2.24, 2.45) is 5.41 Å². The Bertz CT molecular complexity index is 753. The van der Waals surface area contributed by atoms with Gasteiger partial charge < -0.3 is 11.1 Å². The number of Topliss-reactive ketones (excluding diaryl/α,β-unsaturated/α-hetero) is 1. The number of hydrogen-bond acceptors (Lipinski definition) is 3. The van der Waals surface area contributed by atoms with Crippen LogP contribution in [0.1, 0.15) is 58.8 Å². The predicted molar refractivity (Wildman–Crippen MR) is 118 cm³/mol. The number of alkyl halides is 3. The van der Waals surface area contributed by atoms with Crippen molar-refractivity contribution < 1.29 is 22.8 Å². The second kappa shape index (κ2) is 14.2. The average molecular weight is 427 g/mol. The molecule has 3 N–H and O–H groups in total. The zero-order valence-corrected chi connectivity index (χ0v) is 18.7. The van der Waals surface area contributed by atoms with Gasteiger partial charge in [0, 0.05) is 16.8 Å². The molecule has 168 valence electrons. The number of anilines is 2. The maximum absolute atomic E-state index is 11.9. The number of ketones is 1. The quantitative estimate of drug-likeness (QED) is 0.413. The lowest BCUT2D eigenvalue weighted by Crippen LogP contribution is -2.27. The molecule has 0 saturated heterocycles. The molecule has 4 nitrogen and oxygen atoms in total. The lowest BCUT2D eigenvalue weighted by atomic mass is 9.95. The Morgan fingerprint density at radius 1 is 0.800 bits per heavy atom. The van der Waals surface area contributed by atoms with Crippen LogP contribution in [0.25, 0.3) is 0 Å². The number of carbonyl (C=O) groups excluding carboxylic acids is 2. The zero-order valence-electron chi connectivity index (χ0n) is 18.7. The molecule has 0 aromatic heterocycles. The molecule has 7 heteroatoms. The van der Waals surface area contributed by atoms with Gasteiger partial charge in [-0.25, -0.2) is 0 Å². The molecular weight excluding hydrogens is 393 g/mol. The van der Waals surface area contributed by atoms with Gasteiger partial charge in [0.1, 0.15) is 0 Å². The van der Waals surface area contributed by atoms with Gasteiger partial charge in [0.2, 0.25) is 5.91 Å². The summed E-state index contributed by atoms with van der Waals surface area (Å²) in [6, 6.07) is 14.6. The summed E-state index contributed by atoms with van der Waals surface area (Å²) in [6.07, 6.45) is -4.87. The number of hydrogen-bond donors (Lipinski definition) is 2. The zero-order chi connectivity index (χ0) is 24.0. The Morgan fingerprint density at radius 2 is 1.23 bits per heavy atom. The molecular formula is C23H33F3N2O2. The van der Waals surface area contributed by atoms with Crippen molar-refractivity contribution in [3.8, 4) is 0 Å². The third-order valence-electron chi connectivity index (χ3n) is 3.18. The first-order chi connectivity index (χ1) is 13.9. The fourth-order valence-corrected chi connectivity index (χ4v) is 1.70. The van der Waals surface area contributed by atoms with E-state index in [0.717, 1.165) is 11.8 Å². The summed E-state index contributed by atoms with van der Waals surface area (Å²) in [6.45, 7) is 13.7. The fraction of sp³-hybridized carbons (Fsp3) is 0.391. The predicted octanol–water partition coefficient (Wildman–Crippen LogP) is 6.74. The van der Waals surface area contributed by atoms with Gasteiger partial charge in [-0.3, -0.25) is 9.59 Å². The second-order valence-electron chi connectivity index (χ2n) is 6.48. The first-order valence-electron chi connectivity index (χ1n) is 9.75. The second-order valence-corrected chi connectivity index (χ2v) is 6.48. The van der Waals surface area contributed by atoms with Gasteiger partial charge >= 0.3 is 6.18 Å². The van der Waals surface area contributed by atoms with E-state index in [2.05, 4.69) is 5.32 Å². The van der Waals surface area contributed by atoms with Gasteiger partial charge in [0.15, 0.2) is 0 Å². The normalized spacial score (nSPS) is 10.1. The van der Waals surface area contributed by atoms with E-state index >= 15 is 0 Å². The molecule has 0 bridgehead atoms. The number of amides is 1. The molecule has 2 rings (SSSR count). The molecule has 0 atom stereocenters. The highest BCUT2D eigenvalue weighted by molar-refractivity contribution is 6.04. The summed E-state index contributed by atoms with van der Waals surface area (Å²) < 4.78 is 35.7. The first kappa shape index (κ1) is 29.4. The molecule has 2 aromatic rings. The molecule has 0 heterocycles. The van der Waals surface area contributed by atoms with Crippen molar-refractivity contribution in [3.63, 3.8) is 0 Å². The van der Waals surface area contributed by atoms with Crippen LogP contribution >= 0.6 is 0 Å². The molecule has 0 spiro atoms. The highest BCUT2D eigenvalue weighted by Gasteiger charge is 2.39. The number of nitrogens with one attached hydrogen (secondary N) is 1. The number of halogens is 3. The standard InChI is InChI=1S/C11H15NO.C8H6F3NO.2C2H6/c1-11(2,3)10(13)12-9-7-5-4-6-8-9;9-8(10,11)7(13)5-3-1-2-4-6(5)12;2*1-2/h4-8H,1-3H3,(H,12,13);1-4H,12H2;2*1-2H3. The molecule has 30 heavy (non-hydrogen) atoms. The summed E-state index contributed by atoms with van der Waals surface area (Å²) in [5.41, 5.74) is 5.04. The average Bonchev–Trinajstić information content (AvgIpc) is 2.71. The van der Waals surface area contributed by atoms with E-state index in [0.29, 0.717) is 0 Å². The fourth-order valence-electron chi connectivity index (χ4n) is 1.70. The third kappa shape index (κ3) is 11.2. The van der Waals surface area contributed by atoms with Crippen molar-refractivity contribution in [1.29, 1.82) is 0 Å². The van der Waals surface area contributed by atoms with E-state index in [-0.39, 0.29) is 17.0 Å². The van der Waals surface area contributed by atoms with E-state index in [9.17, 15) is 22.8 Å². The van der Waals surface area contributed by atoms with Crippen LogP contribution in [0.2, 0.25) is 0 Å². The third-order valence-corrected chi connectivity index (χ3v) is 3.18. The van der Waals surface area contributed by atoms with E-state index < -0.39 is 17.5 Å². The molecule has 0 aliphatic carbocycles. The van der Waals surface area contributed by atoms with E-state index in [1.54, 1.807) is 0 Å². The summed E-state index contributed by atoms with van der Waals surface area (Å²) in [4.78, 5) is 22.2. The van der Waals surface area contributed by atoms with Crippen molar-refractivity contribution >= 4 is 23.1 Å². The summed E-state index contributed by atoms with van der Waals surface area (Å²) in [7, 11) is 0. The van der Waals surface area contributed by atoms with Crippen molar-refractivity contribution in [1.82, 2.24) is 0 Å². The molecule has 0 radical (unpaired) electrons. The lowest BCUT2D eigenvalue weighted by molar-refractivity contribution is -0.123. The van der Waals surface area contributed by atoms with E-state index in [4.69, 9.17) is 5.73 Å². The van der Waals surface area contributed by atoms with Gasteiger partial charge in [-0.2, -0.15) is 13.2 Å². The summed E-state index contributed by atoms with van der Waals surface area (Å²) in [5.74, 6) is -1.87. The van der Waals surface area contributed by atoms with Crippen LogP contribution in [0.15, 0.2) is 54.6 Å². The number of rotatable bonds is 2. The first-order valence-corrected chi connectivity index (χ1v) is 9.75. The molecule has 2 aromatic carbocycles. The summed E-state index contributed by atoms with van der Waals surface area (Å²) >= 11 is 0. The van der Waals surface area contributed by atoms with Crippen LogP contribution in [0.5, 0.6) is 0 Å². The van der Waals surface area contributed by atoms with Crippen LogP contribution in [-0.4, -0.2) is 17.9 Å². The number of nitrogens with two attached hydrogens (primary N) is 1. The minimum Gasteiger partial charge on any atom is -0.398 e. The summed E-state index contributed by atoms with van der Waals surface area (Å²) in [5, 5.41) is 2.84. The van der Waals surface area contributed by atoms with E-state index in [1.807, 2.05) is 78.8 Å². The number of nitrogen functional groups attached to an aromatic ring is 1. The van der Waals surface area contributed by atoms with Crippen LogP contribution in [-0.2, 0) is 4.79 Å². The molecule has 0 fully saturated rings. The van der Waals surface area contributed by atoms with Gasteiger partial charge in [-0.1, -0.05) is 78.8 Å². The minimum atomic E-state index is -4.87. The Morgan fingerprint density at radius 3 is 1.63 bits per heavy atom. The molecule has 1 amide bonds. The SMILES string of the molecule is CC.CC.CC(C)(C)C(=O)Nc1ccccc1.Nc1ccccc1C(=O)C(F)(F)F. The Hall–Kier alpha value is -2.83. The van der Waals surface area contributed by atoms with Crippen LogP contribution < -0.4 is 11.1 Å². The molecule has 0 unspecified atom stereocenters. The van der Waals surface area contributed by atoms with Gasteiger partial charge in [0.25, 0.3) is 5.78 Å². The minimum absolute atomic E-state index is 0.0405. The van der Waals surface area contributed by atoms with Gasteiger partial charge in [-0.15, -0.1) is 0 Å². The number of carbonyl (C=O) groups is 2. The lowest BCUT2D eigenvalue weighted by Gasteiger charge is -2.17.